The number of carbonyl (C=O) groups is 1. The summed E-state index contributed by atoms with van der Waals surface area (Å²) in [7, 11) is 0. The predicted octanol–water partition coefficient (Wildman–Crippen LogP) is 4.32. The largest absolute Gasteiger partial charge is 0.356 e. The number of anilines is 2. The molecule has 0 atom stereocenters. The molecule has 23 heavy (non-hydrogen) atoms. The van der Waals surface area contributed by atoms with Gasteiger partial charge in [-0.2, -0.15) is 0 Å². The molecule has 122 valence electrons. The molecule has 2 aromatic carbocycles. The Labute approximate surface area is 137 Å². The van der Waals surface area contributed by atoms with E-state index in [9.17, 15) is 4.79 Å². The zero-order valence-corrected chi connectivity index (χ0v) is 13.8. The van der Waals surface area contributed by atoms with Crippen LogP contribution < -0.4 is 5.32 Å². The van der Waals surface area contributed by atoms with E-state index in [0.29, 0.717) is 18.8 Å². The smallest absolute Gasteiger partial charge is 0.222 e. The molecule has 0 bridgehead atoms. The monoisotopic (exact) mass is 313 g/mol. The van der Waals surface area contributed by atoms with Crippen molar-refractivity contribution >= 4 is 17.2 Å². The Kier molecular flexibility index (Phi) is 6.32. The fraction of sp³-hybridized carbons (Fsp3) is 0.316. The average Bonchev–Trinajstić information content (AvgIpc) is 2.55. The lowest BCUT2D eigenvalue weighted by atomic mass is 10.1. The molecule has 2 aromatic rings. The second-order valence-electron chi connectivity index (χ2n) is 5.18. The van der Waals surface area contributed by atoms with Gasteiger partial charge in [0.25, 0.3) is 0 Å². The molecule has 4 heteroatoms. The van der Waals surface area contributed by atoms with Gasteiger partial charge >= 0.3 is 0 Å². The highest BCUT2D eigenvalue weighted by atomic mass is 16.7. The number of carbonyl (C=O) groups excluding carboxylic acids is 1. The summed E-state index contributed by atoms with van der Waals surface area (Å²) in [4.78, 5) is 12.4. The summed E-state index contributed by atoms with van der Waals surface area (Å²) in [6, 6.07) is 15.5. The summed E-state index contributed by atoms with van der Waals surface area (Å²) in [6.07, 6.45) is -0.833. The Bertz CT molecular complexity index is 631. The van der Waals surface area contributed by atoms with Crippen molar-refractivity contribution in [1.82, 2.24) is 0 Å². The van der Waals surface area contributed by atoms with Crippen LogP contribution in [-0.4, -0.2) is 25.3 Å². The molecule has 0 aliphatic rings. The molecule has 0 spiro atoms. The molecule has 0 unspecified atom stereocenters. The molecule has 0 radical (unpaired) electrons. The second-order valence-corrected chi connectivity index (χ2v) is 5.18. The van der Waals surface area contributed by atoms with Crippen molar-refractivity contribution in [3.63, 3.8) is 0 Å². The zero-order chi connectivity index (χ0) is 16.7. The van der Waals surface area contributed by atoms with Crippen LogP contribution in [0.15, 0.2) is 48.5 Å². The molecule has 0 saturated carbocycles. The van der Waals surface area contributed by atoms with E-state index in [1.54, 1.807) is 12.1 Å². The van der Waals surface area contributed by atoms with Crippen molar-refractivity contribution in [2.24, 2.45) is 0 Å². The van der Waals surface area contributed by atoms with Gasteiger partial charge in [0.15, 0.2) is 0 Å². The van der Waals surface area contributed by atoms with E-state index in [2.05, 4.69) is 24.4 Å². The van der Waals surface area contributed by atoms with Crippen LogP contribution in [-0.2, 0) is 9.47 Å². The highest BCUT2D eigenvalue weighted by Crippen LogP contribution is 2.19. The lowest BCUT2D eigenvalue weighted by Gasteiger charge is -2.16. The number of hydrogen-bond acceptors (Lipinski definition) is 4. The number of hydrogen-bond donors (Lipinski definition) is 1. The van der Waals surface area contributed by atoms with Crippen LogP contribution in [0.3, 0.4) is 0 Å². The zero-order valence-electron chi connectivity index (χ0n) is 13.8. The first kappa shape index (κ1) is 17.2. The highest BCUT2D eigenvalue weighted by molar-refractivity contribution is 5.99. The van der Waals surface area contributed by atoms with E-state index in [0.717, 1.165) is 11.4 Å². The molecule has 2 rings (SSSR count). The summed E-state index contributed by atoms with van der Waals surface area (Å²) in [5, 5.41) is 3.32. The highest BCUT2D eigenvalue weighted by Gasteiger charge is 2.20. The fourth-order valence-electron chi connectivity index (χ4n) is 2.25. The Morgan fingerprint density at radius 3 is 2.22 bits per heavy atom. The number of Topliss-reactive ketones (excluding diaryl/α,β-unsaturated/α-hetero) is 1. The van der Waals surface area contributed by atoms with E-state index < -0.39 is 6.29 Å². The first-order chi connectivity index (χ1) is 11.1. The molecule has 0 saturated heterocycles. The summed E-state index contributed by atoms with van der Waals surface area (Å²) < 4.78 is 10.7. The van der Waals surface area contributed by atoms with E-state index in [4.69, 9.17) is 9.47 Å². The van der Waals surface area contributed by atoms with Gasteiger partial charge in [-0.25, -0.2) is 0 Å². The van der Waals surface area contributed by atoms with Gasteiger partial charge in [0.05, 0.1) is 0 Å². The van der Waals surface area contributed by atoms with Gasteiger partial charge < -0.3 is 14.8 Å². The third-order valence-electron chi connectivity index (χ3n) is 3.33. The van der Waals surface area contributed by atoms with Gasteiger partial charge in [-0.15, -0.1) is 0 Å². The minimum atomic E-state index is -0.833. The van der Waals surface area contributed by atoms with E-state index in [-0.39, 0.29) is 5.78 Å². The number of ketones is 1. The lowest BCUT2D eigenvalue weighted by molar-refractivity contribution is -0.107. The van der Waals surface area contributed by atoms with Gasteiger partial charge in [-0.05, 0) is 62.7 Å². The van der Waals surface area contributed by atoms with Crippen molar-refractivity contribution in [2.45, 2.75) is 27.1 Å². The number of nitrogens with one attached hydrogen (secondary N) is 1. The topological polar surface area (TPSA) is 47.6 Å². The Morgan fingerprint density at radius 2 is 1.65 bits per heavy atom. The molecule has 0 aromatic heterocycles. The summed E-state index contributed by atoms with van der Waals surface area (Å²) in [5.74, 6) is -0.157. The third-order valence-corrected chi connectivity index (χ3v) is 3.33. The Balaban J connectivity index is 2.07. The van der Waals surface area contributed by atoms with E-state index in [1.165, 1.54) is 5.56 Å². The predicted molar refractivity (Wildman–Crippen MR) is 92.3 cm³/mol. The Morgan fingerprint density at radius 1 is 1.00 bits per heavy atom. The third kappa shape index (κ3) is 4.91. The average molecular weight is 313 g/mol. The molecule has 0 amide bonds. The molecule has 1 N–H and O–H groups in total. The van der Waals surface area contributed by atoms with Gasteiger partial charge in [0.2, 0.25) is 12.1 Å². The fourth-order valence-corrected chi connectivity index (χ4v) is 2.25. The van der Waals surface area contributed by atoms with Crippen LogP contribution >= 0.6 is 0 Å². The van der Waals surface area contributed by atoms with E-state index in [1.807, 2.05) is 38.1 Å². The van der Waals surface area contributed by atoms with Crippen LogP contribution in [0.5, 0.6) is 0 Å². The van der Waals surface area contributed by atoms with Crippen LogP contribution in [0, 0.1) is 6.92 Å². The van der Waals surface area contributed by atoms with Crippen LogP contribution in [0.25, 0.3) is 0 Å². The molecule has 0 aliphatic heterocycles. The summed E-state index contributed by atoms with van der Waals surface area (Å²) >= 11 is 0. The van der Waals surface area contributed by atoms with Crippen LogP contribution in [0.2, 0.25) is 0 Å². The van der Waals surface area contributed by atoms with Crippen LogP contribution in [0.4, 0.5) is 11.4 Å². The van der Waals surface area contributed by atoms with Gasteiger partial charge in [0, 0.05) is 30.2 Å². The molecule has 4 nitrogen and oxygen atoms in total. The summed E-state index contributed by atoms with van der Waals surface area (Å²) in [6.45, 7) is 6.60. The standard InChI is InChI=1S/C19H23NO3/c1-4-22-19(23-5-2)18(21)15-9-11-16(12-10-15)20-17-8-6-7-14(3)13-17/h6-13,19-20H,4-5H2,1-3H3. The minimum absolute atomic E-state index is 0.157. The van der Waals surface area contributed by atoms with Crippen molar-refractivity contribution in [3.8, 4) is 0 Å². The van der Waals surface area contributed by atoms with Crippen molar-refractivity contribution in [3.05, 3.63) is 59.7 Å². The maximum atomic E-state index is 12.4. The minimum Gasteiger partial charge on any atom is -0.356 e. The lowest BCUT2D eigenvalue weighted by Crippen LogP contribution is -2.27. The van der Waals surface area contributed by atoms with Crippen molar-refractivity contribution in [2.75, 3.05) is 18.5 Å². The maximum absolute atomic E-state index is 12.4. The molecule has 0 heterocycles. The first-order valence-corrected chi connectivity index (χ1v) is 7.85. The molecular weight excluding hydrogens is 290 g/mol. The SMILES string of the molecule is CCOC(OCC)C(=O)c1ccc(Nc2cccc(C)c2)cc1. The van der Waals surface area contributed by atoms with Gasteiger partial charge in [0.1, 0.15) is 0 Å². The quantitative estimate of drug-likeness (QED) is 0.582. The number of ether oxygens (including phenoxy) is 2. The van der Waals surface area contributed by atoms with Crippen molar-refractivity contribution < 1.29 is 14.3 Å². The molecular formula is C19H23NO3. The number of rotatable bonds is 8. The normalized spacial score (nSPS) is 10.8. The first-order valence-electron chi connectivity index (χ1n) is 7.85. The second kappa shape index (κ2) is 8.46. The molecule has 0 aliphatic carbocycles. The Hall–Kier alpha value is -2.17. The van der Waals surface area contributed by atoms with Crippen LogP contribution in [0.1, 0.15) is 29.8 Å². The summed E-state index contributed by atoms with van der Waals surface area (Å²) in [5.41, 5.74) is 3.71. The maximum Gasteiger partial charge on any atom is 0.222 e. The number of benzene rings is 2. The van der Waals surface area contributed by atoms with Crippen molar-refractivity contribution in [1.29, 1.82) is 0 Å². The number of aryl methyl sites for hydroxylation is 1. The van der Waals surface area contributed by atoms with Gasteiger partial charge in [-0.1, -0.05) is 12.1 Å². The van der Waals surface area contributed by atoms with E-state index >= 15 is 0 Å². The molecule has 0 fully saturated rings. The van der Waals surface area contributed by atoms with Gasteiger partial charge in [-0.3, -0.25) is 4.79 Å².